The van der Waals surface area contributed by atoms with Crippen molar-refractivity contribution in [3.63, 3.8) is 0 Å². The average molecular weight is 283 g/mol. The van der Waals surface area contributed by atoms with Crippen LogP contribution < -0.4 is 0 Å². The first-order valence-corrected chi connectivity index (χ1v) is 7.84. The molecule has 2 fully saturated rings. The molecule has 4 heteroatoms. The summed E-state index contributed by atoms with van der Waals surface area (Å²) in [6.45, 7) is 10.9. The highest BCUT2D eigenvalue weighted by Crippen LogP contribution is 2.39. The molecular formula is C16H29NO3. The molecule has 0 aromatic rings. The van der Waals surface area contributed by atoms with E-state index in [-0.39, 0.29) is 23.9 Å². The summed E-state index contributed by atoms with van der Waals surface area (Å²) in [5, 5.41) is 9.09. The van der Waals surface area contributed by atoms with Crippen molar-refractivity contribution < 1.29 is 14.6 Å². The van der Waals surface area contributed by atoms with Gasteiger partial charge in [0.15, 0.2) is 5.78 Å². The van der Waals surface area contributed by atoms with Gasteiger partial charge in [-0.2, -0.15) is 0 Å². The van der Waals surface area contributed by atoms with Crippen molar-refractivity contribution >= 4 is 5.78 Å². The zero-order valence-electron chi connectivity index (χ0n) is 13.3. The molecule has 0 saturated carbocycles. The Morgan fingerprint density at radius 1 is 1.35 bits per heavy atom. The van der Waals surface area contributed by atoms with Gasteiger partial charge in [-0.05, 0) is 59.4 Å². The van der Waals surface area contributed by atoms with Gasteiger partial charge in [-0.15, -0.1) is 0 Å². The average Bonchev–Trinajstić information content (AvgIpc) is 2.49. The van der Waals surface area contributed by atoms with Crippen LogP contribution in [0.1, 0.15) is 47.0 Å². The first-order valence-electron chi connectivity index (χ1n) is 7.84. The van der Waals surface area contributed by atoms with Gasteiger partial charge in [-0.3, -0.25) is 4.79 Å². The lowest BCUT2D eigenvalue weighted by Crippen LogP contribution is -2.45. The fourth-order valence-corrected chi connectivity index (χ4v) is 3.81. The van der Waals surface area contributed by atoms with Gasteiger partial charge in [0.2, 0.25) is 0 Å². The van der Waals surface area contributed by atoms with E-state index in [1.165, 1.54) is 6.42 Å². The molecule has 4 nitrogen and oxygen atoms in total. The van der Waals surface area contributed by atoms with E-state index in [9.17, 15) is 4.79 Å². The summed E-state index contributed by atoms with van der Waals surface area (Å²) in [6.07, 6.45) is 3.23. The molecule has 0 bridgehead atoms. The monoisotopic (exact) mass is 283 g/mol. The number of likely N-dealkylation sites (tertiary alicyclic amines) is 1. The van der Waals surface area contributed by atoms with Gasteiger partial charge in [0, 0.05) is 19.7 Å². The Labute approximate surface area is 122 Å². The number of carbonyl (C=O) groups is 1. The van der Waals surface area contributed by atoms with Crippen molar-refractivity contribution in [1.29, 1.82) is 0 Å². The predicted octanol–water partition coefficient (Wildman–Crippen LogP) is 1.85. The topological polar surface area (TPSA) is 49.8 Å². The van der Waals surface area contributed by atoms with Crippen LogP contribution in [0.3, 0.4) is 0 Å². The smallest absolute Gasteiger partial charge is 0.171 e. The van der Waals surface area contributed by atoms with Crippen LogP contribution in [-0.2, 0) is 9.53 Å². The van der Waals surface area contributed by atoms with E-state index in [1.807, 2.05) is 27.7 Å². The number of hydrogen-bond acceptors (Lipinski definition) is 4. The minimum atomic E-state index is -0.658. The minimum Gasteiger partial charge on any atom is -0.396 e. The van der Waals surface area contributed by atoms with E-state index in [0.29, 0.717) is 5.92 Å². The third-order valence-electron chi connectivity index (χ3n) is 4.85. The lowest BCUT2D eigenvalue weighted by atomic mass is 9.84. The standard InChI is InChI=1S/C16H29NO3/c1-15(2)13(14(19)16(3,4)20-15)11-17-8-5-6-12(10-17)7-9-18/h12-13,18H,5-11H2,1-4H3. The molecule has 2 saturated heterocycles. The predicted molar refractivity (Wildman–Crippen MR) is 78.6 cm³/mol. The van der Waals surface area contributed by atoms with Crippen molar-refractivity contribution in [2.45, 2.75) is 58.2 Å². The highest BCUT2D eigenvalue weighted by molar-refractivity contribution is 5.91. The molecule has 0 aromatic carbocycles. The van der Waals surface area contributed by atoms with Crippen molar-refractivity contribution in [3.8, 4) is 0 Å². The third-order valence-corrected chi connectivity index (χ3v) is 4.85. The Bertz CT molecular complexity index is 363. The lowest BCUT2D eigenvalue weighted by molar-refractivity contribution is -0.132. The molecule has 20 heavy (non-hydrogen) atoms. The summed E-state index contributed by atoms with van der Waals surface area (Å²) >= 11 is 0. The molecule has 2 aliphatic heterocycles. The number of rotatable bonds is 4. The van der Waals surface area contributed by atoms with Crippen LogP contribution in [0.4, 0.5) is 0 Å². The van der Waals surface area contributed by atoms with Gasteiger partial charge in [0.25, 0.3) is 0 Å². The fourth-order valence-electron chi connectivity index (χ4n) is 3.81. The first kappa shape index (κ1) is 15.9. The number of ether oxygens (including phenoxy) is 1. The molecule has 2 heterocycles. The SMILES string of the molecule is CC1(C)OC(C)(C)C(CN2CCCC(CCO)C2)C1=O. The number of hydrogen-bond donors (Lipinski definition) is 1. The number of aliphatic hydroxyl groups is 1. The Morgan fingerprint density at radius 3 is 2.60 bits per heavy atom. The molecule has 2 rings (SSSR count). The molecule has 0 spiro atoms. The van der Waals surface area contributed by atoms with Crippen molar-refractivity contribution in [2.24, 2.45) is 11.8 Å². The van der Waals surface area contributed by atoms with Crippen LogP contribution in [0.25, 0.3) is 0 Å². The molecule has 116 valence electrons. The highest BCUT2D eigenvalue weighted by Gasteiger charge is 2.53. The van der Waals surface area contributed by atoms with Crippen LogP contribution >= 0.6 is 0 Å². The van der Waals surface area contributed by atoms with Gasteiger partial charge in [0.05, 0.1) is 11.5 Å². The van der Waals surface area contributed by atoms with Crippen LogP contribution in [0, 0.1) is 11.8 Å². The van der Waals surface area contributed by atoms with Crippen LogP contribution in [0.15, 0.2) is 0 Å². The molecule has 0 aromatic heterocycles. The van der Waals surface area contributed by atoms with Crippen molar-refractivity contribution in [2.75, 3.05) is 26.2 Å². The third kappa shape index (κ3) is 3.23. The second kappa shape index (κ2) is 5.74. The number of nitrogens with zero attached hydrogens (tertiary/aromatic N) is 1. The molecule has 2 unspecified atom stereocenters. The molecule has 1 N–H and O–H groups in total. The lowest BCUT2D eigenvalue weighted by Gasteiger charge is -2.36. The summed E-state index contributed by atoms with van der Waals surface area (Å²) in [5.74, 6) is 0.749. The Balaban J connectivity index is 2.00. The maximum atomic E-state index is 12.5. The second-order valence-corrected chi connectivity index (χ2v) is 7.41. The van der Waals surface area contributed by atoms with E-state index in [4.69, 9.17) is 9.84 Å². The first-order chi connectivity index (χ1) is 9.26. The van der Waals surface area contributed by atoms with Gasteiger partial charge < -0.3 is 14.7 Å². The van der Waals surface area contributed by atoms with E-state index < -0.39 is 5.60 Å². The summed E-state index contributed by atoms with van der Waals surface area (Å²) in [6, 6.07) is 0. The number of Topliss-reactive ketones (excluding diaryl/α,β-unsaturated/α-hetero) is 1. The van der Waals surface area contributed by atoms with Gasteiger partial charge >= 0.3 is 0 Å². The second-order valence-electron chi connectivity index (χ2n) is 7.41. The normalized spacial score (nSPS) is 33.5. The maximum absolute atomic E-state index is 12.5. The largest absolute Gasteiger partial charge is 0.396 e. The number of carbonyl (C=O) groups excluding carboxylic acids is 1. The van der Waals surface area contributed by atoms with E-state index in [1.54, 1.807) is 0 Å². The Morgan fingerprint density at radius 2 is 2.05 bits per heavy atom. The highest BCUT2D eigenvalue weighted by atomic mass is 16.5. The summed E-state index contributed by atoms with van der Waals surface area (Å²) in [7, 11) is 0. The van der Waals surface area contributed by atoms with Gasteiger partial charge in [-0.25, -0.2) is 0 Å². The van der Waals surface area contributed by atoms with Crippen LogP contribution in [0.2, 0.25) is 0 Å². The van der Waals surface area contributed by atoms with E-state index in [2.05, 4.69) is 4.90 Å². The molecule has 0 radical (unpaired) electrons. The summed E-state index contributed by atoms with van der Waals surface area (Å²) in [4.78, 5) is 14.9. The van der Waals surface area contributed by atoms with Crippen molar-refractivity contribution in [1.82, 2.24) is 4.90 Å². The van der Waals surface area contributed by atoms with E-state index in [0.717, 1.165) is 32.5 Å². The zero-order chi connectivity index (χ0) is 15.0. The fraction of sp³-hybridized carbons (Fsp3) is 0.938. The maximum Gasteiger partial charge on any atom is 0.171 e. The minimum absolute atomic E-state index is 0.0506. The number of aliphatic hydroxyl groups excluding tert-OH is 1. The number of piperidine rings is 1. The molecule has 2 atom stereocenters. The molecule has 0 amide bonds. The zero-order valence-corrected chi connectivity index (χ0v) is 13.3. The number of ketones is 1. The van der Waals surface area contributed by atoms with Gasteiger partial charge in [-0.1, -0.05) is 0 Å². The van der Waals surface area contributed by atoms with Gasteiger partial charge in [0.1, 0.15) is 5.60 Å². The Hall–Kier alpha value is -0.450. The van der Waals surface area contributed by atoms with Crippen LogP contribution in [0.5, 0.6) is 0 Å². The summed E-state index contributed by atoms with van der Waals surface area (Å²) < 4.78 is 5.96. The van der Waals surface area contributed by atoms with Crippen LogP contribution in [-0.4, -0.2) is 53.2 Å². The molecular weight excluding hydrogens is 254 g/mol. The molecule has 2 aliphatic rings. The Kier molecular flexibility index (Phi) is 4.57. The van der Waals surface area contributed by atoms with E-state index >= 15 is 0 Å². The summed E-state index contributed by atoms with van der Waals surface area (Å²) in [5.41, 5.74) is -1.04. The van der Waals surface area contributed by atoms with Crippen molar-refractivity contribution in [3.05, 3.63) is 0 Å². The quantitative estimate of drug-likeness (QED) is 0.855. The molecule has 0 aliphatic carbocycles.